The third kappa shape index (κ3) is 5.72. The summed E-state index contributed by atoms with van der Waals surface area (Å²) < 4.78 is 9.23. The zero-order valence-corrected chi connectivity index (χ0v) is 8.11. The zero-order chi connectivity index (χ0) is 10.3. The number of carbonyl (C=O) groups excluding carboxylic acids is 1. The van der Waals surface area contributed by atoms with E-state index < -0.39 is 6.16 Å². The lowest BCUT2D eigenvalue weighted by Gasteiger charge is -2.07. The quantitative estimate of drug-likeness (QED) is 0.376. The van der Waals surface area contributed by atoms with Gasteiger partial charge in [-0.15, -0.1) is 0 Å². The van der Waals surface area contributed by atoms with Crippen LogP contribution in [0.2, 0.25) is 0 Å². The third-order valence-corrected chi connectivity index (χ3v) is 0.975. The number of hydrogen-bond donors (Lipinski definition) is 0. The van der Waals surface area contributed by atoms with Gasteiger partial charge in [0.05, 0.1) is 12.8 Å². The molecule has 0 aliphatic carbocycles. The van der Waals surface area contributed by atoms with Crippen LogP contribution < -0.4 is 0 Å². The molecular weight excluding hydrogens is 172 g/mol. The molecule has 13 heavy (non-hydrogen) atoms. The van der Waals surface area contributed by atoms with Gasteiger partial charge in [0, 0.05) is 14.1 Å². The van der Waals surface area contributed by atoms with Crippen molar-refractivity contribution >= 4 is 12.9 Å². The third-order valence-electron chi connectivity index (χ3n) is 0.975. The molecule has 5 nitrogen and oxygen atoms in total. The maximum Gasteiger partial charge on any atom is 0.515 e. The van der Waals surface area contributed by atoms with E-state index in [1.165, 1.54) is 6.20 Å². The first-order valence-electron chi connectivity index (χ1n) is 3.79. The number of rotatable bonds is 4. The first kappa shape index (κ1) is 11.5. The lowest BCUT2D eigenvalue weighted by molar-refractivity contribution is 0.0801. The Labute approximate surface area is 77.6 Å². The Bertz CT molecular complexity index is 211. The Morgan fingerprint density at radius 2 is 2.23 bits per heavy atom. The largest absolute Gasteiger partial charge is 0.515 e. The molecule has 0 amide bonds. The molecule has 5 heteroatoms. The average Bonchev–Trinajstić information content (AvgIpc) is 2.02. The molecule has 0 rings (SSSR count). The lowest BCUT2D eigenvalue weighted by atomic mass is 10.7. The summed E-state index contributed by atoms with van der Waals surface area (Å²) in [5, 5.41) is 0. The molecule has 0 N–H and O–H groups in total. The van der Waals surface area contributed by atoms with Gasteiger partial charge in [0.25, 0.3) is 0 Å². The molecule has 0 bridgehead atoms. The highest BCUT2D eigenvalue weighted by molar-refractivity contribution is 5.61. The Morgan fingerprint density at radius 3 is 2.62 bits per heavy atom. The minimum Gasteiger partial charge on any atom is -0.434 e. The van der Waals surface area contributed by atoms with Gasteiger partial charge < -0.3 is 14.4 Å². The van der Waals surface area contributed by atoms with E-state index in [-0.39, 0.29) is 12.5 Å². The lowest BCUT2D eigenvalue weighted by Crippen LogP contribution is -2.09. The van der Waals surface area contributed by atoms with Crippen molar-refractivity contribution in [3.05, 3.63) is 12.1 Å². The van der Waals surface area contributed by atoms with Gasteiger partial charge in [-0.25, -0.2) is 9.79 Å². The highest BCUT2D eigenvalue weighted by Gasteiger charge is 2.05. The van der Waals surface area contributed by atoms with Gasteiger partial charge in [0.2, 0.25) is 5.88 Å². The van der Waals surface area contributed by atoms with Crippen LogP contribution in [-0.4, -0.2) is 38.5 Å². The second-order valence-corrected chi connectivity index (χ2v) is 2.37. The van der Waals surface area contributed by atoms with Crippen LogP contribution in [0.5, 0.6) is 0 Å². The summed E-state index contributed by atoms with van der Waals surface area (Å²) in [6.45, 7) is 5.21. The minimum absolute atomic E-state index is 0.114. The fourth-order valence-electron chi connectivity index (χ4n) is 0.553. The number of nitrogens with zero attached hydrogens (tertiary/aromatic N) is 2. The topological polar surface area (TPSA) is 51.1 Å². The van der Waals surface area contributed by atoms with Gasteiger partial charge in [0.1, 0.15) is 0 Å². The standard InChI is InChI=1S/C8H14N2O3/c1-5-12-8(11)13-7(9-2)6-10(3)4/h6H,2,5H2,1,3-4H3. The Morgan fingerprint density at radius 1 is 1.62 bits per heavy atom. The molecule has 0 radical (unpaired) electrons. The minimum atomic E-state index is -0.775. The summed E-state index contributed by atoms with van der Waals surface area (Å²) in [5.74, 6) is 0.114. The monoisotopic (exact) mass is 186 g/mol. The van der Waals surface area contributed by atoms with E-state index >= 15 is 0 Å². The molecule has 0 heterocycles. The first-order valence-corrected chi connectivity index (χ1v) is 3.79. The molecule has 0 aromatic rings. The number of aliphatic imine (C=N–C) groups is 1. The maximum absolute atomic E-state index is 10.8. The highest BCUT2D eigenvalue weighted by atomic mass is 16.7. The van der Waals surface area contributed by atoms with Gasteiger partial charge in [-0.3, -0.25) is 0 Å². The van der Waals surface area contributed by atoms with E-state index in [1.807, 2.05) is 0 Å². The van der Waals surface area contributed by atoms with Crippen molar-refractivity contribution < 1.29 is 14.3 Å². The predicted octanol–water partition coefficient (Wildman–Crippen LogP) is 1.22. The fraction of sp³-hybridized carbons (Fsp3) is 0.500. The molecule has 0 atom stereocenters. The van der Waals surface area contributed by atoms with Crippen molar-refractivity contribution in [3.8, 4) is 0 Å². The first-order chi connectivity index (χ1) is 6.10. The van der Waals surface area contributed by atoms with Crippen molar-refractivity contribution in [2.24, 2.45) is 4.99 Å². The van der Waals surface area contributed by atoms with E-state index in [9.17, 15) is 4.79 Å². The molecule has 0 aliphatic rings. The summed E-state index contributed by atoms with van der Waals surface area (Å²) >= 11 is 0. The van der Waals surface area contributed by atoms with Crippen LogP contribution in [0.15, 0.2) is 17.1 Å². The van der Waals surface area contributed by atoms with Crippen LogP contribution >= 0.6 is 0 Å². The molecule has 0 aliphatic heterocycles. The number of hydrogen-bond acceptors (Lipinski definition) is 5. The average molecular weight is 186 g/mol. The molecule has 0 aromatic carbocycles. The van der Waals surface area contributed by atoms with Crippen molar-refractivity contribution in [1.29, 1.82) is 0 Å². The normalized spacial score (nSPS) is 10.5. The van der Waals surface area contributed by atoms with E-state index in [0.717, 1.165) is 0 Å². The van der Waals surface area contributed by atoms with E-state index in [1.54, 1.807) is 25.9 Å². The molecule has 0 aromatic heterocycles. The molecule has 0 unspecified atom stereocenters. The molecule has 74 valence electrons. The Balaban J connectivity index is 4.13. The van der Waals surface area contributed by atoms with Crippen molar-refractivity contribution in [2.45, 2.75) is 6.92 Å². The van der Waals surface area contributed by atoms with Gasteiger partial charge in [-0.05, 0) is 13.6 Å². The highest BCUT2D eigenvalue weighted by Crippen LogP contribution is 2.01. The summed E-state index contributed by atoms with van der Waals surface area (Å²) in [5.41, 5.74) is 0. The molecular formula is C8H14N2O3. The Hall–Kier alpha value is -1.52. The van der Waals surface area contributed by atoms with Crippen LogP contribution in [0.4, 0.5) is 4.79 Å². The van der Waals surface area contributed by atoms with Crippen LogP contribution in [-0.2, 0) is 9.47 Å². The van der Waals surface area contributed by atoms with Gasteiger partial charge in [0.15, 0.2) is 0 Å². The second-order valence-electron chi connectivity index (χ2n) is 2.37. The van der Waals surface area contributed by atoms with Crippen LogP contribution in [0.1, 0.15) is 6.92 Å². The Kier molecular flexibility index (Phi) is 5.34. The predicted molar refractivity (Wildman–Crippen MR) is 49.4 cm³/mol. The van der Waals surface area contributed by atoms with Crippen molar-refractivity contribution in [1.82, 2.24) is 4.90 Å². The molecule has 0 fully saturated rings. The maximum atomic E-state index is 10.8. The number of carbonyl (C=O) groups is 1. The zero-order valence-electron chi connectivity index (χ0n) is 8.11. The summed E-state index contributed by atoms with van der Waals surface area (Å²) in [7, 11) is 3.55. The summed E-state index contributed by atoms with van der Waals surface area (Å²) in [6.07, 6.45) is 0.743. The van der Waals surface area contributed by atoms with Crippen molar-refractivity contribution in [2.75, 3.05) is 20.7 Å². The van der Waals surface area contributed by atoms with Gasteiger partial charge in [-0.1, -0.05) is 0 Å². The van der Waals surface area contributed by atoms with Crippen LogP contribution in [0.25, 0.3) is 0 Å². The molecule has 0 saturated heterocycles. The summed E-state index contributed by atoms with van der Waals surface area (Å²) in [4.78, 5) is 16.0. The summed E-state index contributed by atoms with van der Waals surface area (Å²) in [6, 6.07) is 0. The van der Waals surface area contributed by atoms with Crippen LogP contribution in [0.3, 0.4) is 0 Å². The van der Waals surface area contributed by atoms with Crippen LogP contribution in [0, 0.1) is 0 Å². The number of ether oxygens (including phenoxy) is 2. The molecule has 0 spiro atoms. The SMILES string of the molecule is C=NC(=CN(C)C)OC(=O)OCC. The second kappa shape index (κ2) is 6.05. The van der Waals surface area contributed by atoms with E-state index in [0.29, 0.717) is 0 Å². The van der Waals surface area contributed by atoms with E-state index in [2.05, 4.69) is 21.2 Å². The smallest absolute Gasteiger partial charge is 0.434 e. The van der Waals surface area contributed by atoms with Gasteiger partial charge >= 0.3 is 6.16 Å². The van der Waals surface area contributed by atoms with Crippen molar-refractivity contribution in [3.63, 3.8) is 0 Å². The fourth-order valence-corrected chi connectivity index (χ4v) is 0.553. The van der Waals surface area contributed by atoms with E-state index in [4.69, 9.17) is 0 Å². The van der Waals surface area contributed by atoms with Gasteiger partial charge in [-0.2, -0.15) is 0 Å². The molecule has 0 saturated carbocycles.